The van der Waals surface area contributed by atoms with Gasteiger partial charge in [-0.05, 0) is 42.5 Å². The molecule has 2 aromatic carbocycles. The van der Waals surface area contributed by atoms with Crippen LogP contribution in [0.15, 0.2) is 58.3 Å². The summed E-state index contributed by atoms with van der Waals surface area (Å²) in [4.78, 5) is 24.3. The Bertz CT molecular complexity index is 1200. The smallest absolute Gasteiger partial charge is 0.338 e. The number of ether oxygens (including phenoxy) is 2. The van der Waals surface area contributed by atoms with E-state index in [0.29, 0.717) is 13.2 Å². The maximum Gasteiger partial charge on any atom is 0.338 e. The number of carbonyl (C=O) groups excluding carboxylic acids is 2. The molecular weight excluding hydrogens is 460 g/mol. The van der Waals surface area contributed by atoms with E-state index >= 15 is 0 Å². The van der Waals surface area contributed by atoms with Crippen LogP contribution in [-0.4, -0.2) is 72.2 Å². The second kappa shape index (κ2) is 9.77. The third kappa shape index (κ3) is 5.91. The minimum absolute atomic E-state index is 0.0279. The molecule has 1 aliphatic heterocycles. The molecular formula is C20H22N2O8S2. The van der Waals surface area contributed by atoms with Crippen LogP contribution in [0.5, 0.6) is 0 Å². The lowest BCUT2D eigenvalue weighted by atomic mass is 10.2. The molecule has 172 valence electrons. The van der Waals surface area contributed by atoms with Crippen molar-refractivity contribution in [3.63, 3.8) is 0 Å². The van der Waals surface area contributed by atoms with Crippen molar-refractivity contribution in [2.45, 2.75) is 9.79 Å². The van der Waals surface area contributed by atoms with E-state index in [1.54, 1.807) is 0 Å². The predicted molar refractivity (Wildman–Crippen MR) is 114 cm³/mol. The van der Waals surface area contributed by atoms with E-state index in [1.165, 1.54) is 52.8 Å². The van der Waals surface area contributed by atoms with Gasteiger partial charge in [-0.25, -0.2) is 21.6 Å². The molecule has 1 amide bonds. The van der Waals surface area contributed by atoms with Crippen molar-refractivity contribution in [3.05, 3.63) is 54.1 Å². The summed E-state index contributed by atoms with van der Waals surface area (Å²) in [6.07, 6.45) is 1.05. The standard InChI is InChI=1S/C20H22N2O8S2/c1-31(25,26)17-7-5-15(6-8-17)20(24)30-14-19(23)21-16-3-2-4-18(13-16)32(27,28)22-9-11-29-12-10-22/h2-8,13H,9-12,14H2,1H3,(H,21,23). The van der Waals surface area contributed by atoms with E-state index in [9.17, 15) is 26.4 Å². The van der Waals surface area contributed by atoms with Gasteiger partial charge < -0.3 is 14.8 Å². The van der Waals surface area contributed by atoms with Crippen molar-refractivity contribution in [1.29, 1.82) is 0 Å². The topological polar surface area (TPSA) is 136 Å². The zero-order valence-electron chi connectivity index (χ0n) is 17.2. The van der Waals surface area contributed by atoms with Gasteiger partial charge in [0.05, 0.1) is 28.6 Å². The van der Waals surface area contributed by atoms with E-state index in [-0.39, 0.29) is 34.1 Å². The van der Waals surface area contributed by atoms with Crippen molar-refractivity contribution < 1.29 is 35.9 Å². The highest BCUT2D eigenvalue weighted by atomic mass is 32.2. The maximum absolute atomic E-state index is 12.7. The molecule has 1 saturated heterocycles. The minimum Gasteiger partial charge on any atom is -0.452 e. The third-order valence-corrected chi connectivity index (χ3v) is 7.60. The lowest BCUT2D eigenvalue weighted by molar-refractivity contribution is -0.119. The lowest BCUT2D eigenvalue weighted by Gasteiger charge is -2.26. The van der Waals surface area contributed by atoms with Crippen LogP contribution >= 0.6 is 0 Å². The van der Waals surface area contributed by atoms with Gasteiger partial charge in [0.15, 0.2) is 16.4 Å². The lowest BCUT2D eigenvalue weighted by Crippen LogP contribution is -2.40. The number of carbonyl (C=O) groups is 2. The number of hydrogen-bond donors (Lipinski definition) is 1. The molecule has 0 aliphatic carbocycles. The molecule has 10 nitrogen and oxygen atoms in total. The number of sulfonamides is 1. The summed E-state index contributed by atoms with van der Waals surface area (Å²) in [5, 5.41) is 2.49. The van der Waals surface area contributed by atoms with Gasteiger partial charge in [0.2, 0.25) is 10.0 Å². The van der Waals surface area contributed by atoms with Gasteiger partial charge in [0, 0.05) is 25.0 Å². The zero-order valence-corrected chi connectivity index (χ0v) is 18.8. The Morgan fingerprint density at radius 2 is 1.66 bits per heavy atom. The molecule has 1 N–H and O–H groups in total. The first kappa shape index (κ1) is 23.9. The zero-order chi connectivity index (χ0) is 23.4. The molecule has 0 saturated carbocycles. The van der Waals surface area contributed by atoms with Crippen LogP contribution < -0.4 is 5.32 Å². The van der Waals surface area contributed by atoms with Crippen LogP contribution in [0.25, 0.3) is 0 Å². The average Bonchev–Trinajstić information content (AvgIpc) is 2.78. The van der Waals surface area contributed by atoms with Crippen LogP contribution in [0.2, 0.25) is 0 Å². The van der Waals surface area contributed by atoms with E-state index in [4.69, 9.17) is 9.47 Å². The molecule has 0 spiro atoms. The van der Waals surface area contributed by atoms with Gasteiger partial charge in [0.25, 0.3) is 5.91 Å². The molecule has 3 rings (SSSR count). The Hall–Kier alpha value is -2.80. The fourth-order valence-corrected chi connectivity index (χ4v) is 5.00. The van der Waals surface area contributed by atoms with Gasteiger partial charge in [0.1, 0.15) is 0 Å². The van der Waals surface area contributed by atoms with Crippen molar-refractivity contribution in [2.24, 2.45) is 0 Å². The van der Waals surface area contributed by atoms with Gasteiger partial charge in [-0.3, -0.25) is 4.79 Å². The molecule has 1 aliphatic rings. The van der Waals surface area contributed by atoms with E-state index in [2.05, 4.69) is 5.32 Å². The fraction of sp³-hybridized carbons (Fsp3) is 0.300. The number of benzene rings is 2. The van der Waals surface area contributed by atoms with Gasteiger partial charge in [-0.15, -0.1) is 0 Å². The van der Waals surface area contributed by atoms with E-state index < -0.39 is 38.3 Å². The summed E-state index contributed by atoms with van der Waals surface area (Å²) in [7, 11) is -7.12. The Morgan fingerprint density at radius 3 is 2.28 bits per heavy atom. The molecule has 0 bridgehead atoms. The highest BCUT2D eigenvalue weighted by Gasteiger charge is 2.26. The molecule has 0 radical (unpaired) electrons. The first-order chi connectivity index (χ1) is 15.1. The minimum atomic E-state index is -3.72. The Balaban J connectivity index is 1.59. The SMILES string of the molecule is CS(=O)(=O)c1ccc(C(=O)OCC(=O)Nc2cccc(S(=O)(=O)N3CCOCC3)c2)cc1. The third-order valence-electron chi connectivity index (χ3n) is 4.58. The quantitative estimate of drug-likeness (QED) is 0.575. The Kier molecular flexibility index (Phi) is 7.29. The molecule has 0 unspecified atom stereocenters. The summed E-state index contributed by atoms with van der Waals surface area (Å²) in [6, 6.07) is 10.9. The van der Waals surface area contributed by atoms with Gasteiger partial charge >= 0.3 is 5.97 Å². The maximum atomic E-state index is 12.7. The number of rotatable bonds is 7. The van der Waals surface area contributed by atoms with Crippen LogP contribution in [0.1, 0.15) is 10.4 Å². The fourth-order valence-electron chi connectivity index (χ4n) is 2.92. The molecule has 2 aromatic rings. The molecule has 1 fully saturated rings. The largest absolute Gasteiger partial charge is 0.452 e. The number of hydrogen-bond acceptors (Lipinski definition) is 8. The normalized spacial score (nSPS) is 15.2. The monoisotopic (exact) mass is 482 g/mol. The predicted octanol–water partition coefficient (Wildman–Crippen LogP) is 0.907. The van der Waals surface area contributed by atoms with Crippen LogP contribution in [-0.2, 0) is 34.1 Å². The number of sulfone groups is 1. The summed E-state index contributed by atoms with van der Waals surface area (Å²) in [5.41, 5.74) is 0.321. The summed E-state index contributed by atoms with van der Waals surface area (Å²) in [6.45, 7) is 0.531. The number of esters is 1. The molecule has 32 heavy (non-hydrogen) atoms. The van der Waals surface area contributed by atoms with Crippen molar-refractivity contribution in [3.8, 4) is 0 Å². The van der Waals surface area contributed by atoms with Crippen LogP contribution in [0.4, 0.5) is 5.69 Å². The van der Waals surface area contributed by atoms with Crippen LogP contribution in [0.3, 0.4) is 0 Å². The summed E-state index contributed by atoms with van der Waals surface area (Å²) in [5.74, 6) is -1.46. The number of morpholine rings is 1. The van der Waals surface area contributed by atoms with Crippen molar-refractivity contribution in [1.82, 2.24) is 4.31 Å². The average molecular weight is 483 g/mol. The van der Waals surface area contributed by atoms with Gasteiger partial charge in [-0.2, -0.15) is 4.31 Å². The molecule has 1 heterocycles. The first-order valence-electron chi connectivity index (χ1n) is 9.52. The molecule has 0 aromatic heterocycles. The molecule has 12 heteroatoms. The second-order valence-corrected chi connectivity index (χ2v) is 10.9. The number of nitrogens with zero attached hydrogens (tertiary/aromatic N) is 1. The molecule has 0 atom stereocenters. The van der Waals surface area contributed by atoms with Gasteiger partial charge in [-0.1, -0.05) is 6.07 Å². The first-order valence-corrected chi connectivity index (χ1v) is 12.9. The van der Waals surface area contributed by atoms with Crippen molar-refractivity contribution in [2.75, 3.05) is 44.5 Å². The summed E-state index contributed by atoms with van der Waals surface area (Å²) < 4.78 is 59.8. The number of nitrogens with one attached hydrogen (secondary N) is 1. The number of anilines is 1. The highest BCUT2D eigenvalue weighted by Crippen LogP contribution is 2.20. The van der Waals surface area contributed by atoms with Crippen molar-refractivity contribution >= 4 is 37.4 Å². The Morgan fingerprint density at radius 1 is 1.00 bits per heavy atom. The second-order valence-electron chi connectivity index (χ2n) is 6.97. The van der Waals surface area contributed by atoms with Crippen LogP contribution in [0, 0.1) is 0 Å². The highest BCUT2D eigenvalue weighted by molar-refractivity contribution is 7.90. The number of amides is 1. The summed E-state index contributed by atoms with van der Waals surface area (Å²) >= 11 is 0. The van der Waals surface area contributed by atoms with E-state index in [1.807, 2.05) is 0 Å². The van der Waals surface area contributed by atoms with E-state index in [0.717, 1.165) is 6.26 Å². The Labute approximate surface area is 186 Å².